The van der Waals surface area contributed by atoms with Crippen molar-refractivity contribution in [2.45, 2.75) is 19.9 Å². The molecule has 0 radical (unpaired) electrons. The zero-order valence-corrected chi connectivity index (χ0v) is 7.11. The molecule has 12 heavy (non-hydrogen) atoms. The van der Waals surface area contributed by atoms with Crippen LogP contribution in [0, 0.1) is 6.92 Å². The Morgan fingerprint density at radius 3 is 3.17 bits per heavy atom. The van der Waals surface area contributed by atoms with Gasteiger partial charge in [-0.05, 0) is 19.9 Å². The topological polar surface area (TPSA) is 38.4 Å². The highest BCUT2D eigenvalue weighted by atomic mass is 16.5. The van der Waals surface area contributed by atoms with Gasteiger partial charge in [0.05, 0.1) is 6.04 Å². The van der Waals surface area contributed by atoms with Gasteiger partial charge in [0.25, 0.3) is 0 Å². The van der Waals surface area contributed by atoms with Gasteiger partial charge in [0.15, 0.2) is 5.42 Å². The van der Waals surface area contributed by atoms with E-state index in [9.17, 15) is 0 Å². The molecule has 1 aromatic heterocycles. The summed E-state index contributed by atoms with van der Waals surface area (Å²) in [5.74, 6) is 0. The average molecular weight is 162 g/mol. The van der Waals surface area contributed by atoms with Crippen LogP contribution >= 0.6 is 0 Å². The van der Waals surface area contributed by atoms with Crippen molar-refractivity contribution in [3.63, 3.8) is 0 Å². The van der Waals surface area contributed by atoms with Gasteiger partial charge in [-0.1, -0.05) is 17.3 Å². The Kier molecular flexibility index (Phi) is 1.57. The molecule has 0 amide bonds. The highest BCUT2D eigenvalue weighted by Crippen LogP contribution is 1.93. The summed E-state index contributed by atoms with van der Waals surface area (Å²) in [6.07, 6.45) is 5.86. The quantitative estimate of drug-likeness (QED) is 0.551. The van der Waals surface area contributed by atoms with Crippen molar-refractivity contribution in [1.29, 1.82) is 0 Å². The summed E-state index contributed by atoms with van der Waals surface area (Å²) in [4.78, 5) is 4.42. The van der Waals surface area contributed by atoms with Crippen LogP contribution in [0.3, 0.4) is 0 Å². The molecule has 0 aliphatic carbocycles. The number of hydrogen-bond donors (Lipinski definition) is 0. The molecule has 0 N–H and O–H groups in total. The van der Waals surface area contributed by atoms with Gasteiger partial charge in [-0.15, -0.1) is 0 Å². The predicted molar refractivity (Wildman–Crippen MR) is 45.1 cm³/mol. The van der Waals surface area contributed by atoms with Gasteiger partial charge in [-0.3, -0.25) is 4.99 Å². The van der Waals surface area contributed by atoms with Gasteiger partial charge >= 0.3 is 0 Å². The molecule has 62 valence electrons. The number of fused-ring (bicyclic) bond motifs is 1. The van der Waals surface area contributed by atoms with E-state index < -0.39 is 0 Å². The zero-order chi connectivity index (χ0) is 8.55. The van der Waals surface area contributed by atoms with Gasteiger partial charge in [0.2, 0.25) is 0 Å². The summed E-state index contributed by atoms with van der Waals surface area (Å²) in [6, 6.07) is 0.209. The molecule has 0 aromatic carbocycles. The van der Waals surface area contributed by atoms with Crippen LogP contribution in [0.1, 0.15) is 12.6 Å². The van der Waals surface area contributed by atoms with Crippen LogP contribution in [0.4, 0.5) is 0 Å². The van der Waals surface area contributed by atoms with Gasteiger partial charge in [0.1, 0.15) is 11.1 Å². The summed E-state index contributed by atoms with van der Waals surface area (Å²) in [6.45, 7) is 3.93. The second-order valence-corrected chi connectivity index (χ2v) is 2.90. The van der Waals surface area contributed by atoms with Crippen LogP contribution < -0.4 is 10.8 Å². The maximum atomic E-state index is 5.06. The average Bonchev–Trinajstić information content (AvgIpc) is 2.31. The van der Waals surface area contributed by atoms with Crippen molar-refractivity contribution in [1.82, 2.24) is 5.16 Å². The molecule has 3 heteroatoms. The van der Waals surface area contributed by atoms with Crippen molar-refractivity contribution in [2.24, 2.45) is 4.99 Å². The second kappa shape index (κ2) is 2.59. The molecule has 1 unspecified atom stereocenters. The van der Waals surface area contributed by atoms with Crippen LogP contribution in [-0.4, -0.2) is 11.2 Å². The van der Waals surface area contributed by atoms with Gasteiger partial charge in [-0.25, -0.2) is 0 Å². The largest absolute Gasteiger partial charge is 0.354 e. The molecule has 0 saturated carbocycles. The molecular weight excluding hydrogens is 152 g/mol. The zero-order valence-electron chi connectivity index (χ0n) is 7.11. The van der Waals surface area contributed by atoms with Crippen LogP contribution in [-0.2, 0) is 0 Å². The van der Waals surface area contributed by atoms with E-state index in [2.05, 4.69) is 10.1 Å². The van der Waals surface area contributed by atoms with E-state index in [0.717, 1.165) is 16.5 Å². The van der Waals surface area contributed by atoms with E-state index in [1.165, 1.54) is 0 Å². The van der Waals surface area contributed by atoms with E-state index in [0.29, 0.717) is 0 Å². The lowest BCUT2D eigenvalue weighted by Crippen LogP contribution is -2.22. The minimum Gasteiger partial charge on any atom is -0.354 e. The Morgan fingerprint density at radius 1 is 1.50 bits per heavy atom. The van der Waals surface area contributed by atoms with E-state index in [1.54, 1.807) is 0 Å². The molecule has 1 atom stereocenters. The van der Waals surface area contributed by atoms with E-state index in [-0.39, 0.29) is 6.04 Å². The van der Waals surface area contributed by atoms with Gasteiger partial charge < -0.3 is 4.52 Å². The highest BCUT2D eigenvalue weighted by molar-refractivity contribution is 5.35. The van der Waals surface area contributed by atoms with E-state index in [1.807, 2.05) is 32.1 Å². The molecule has 0 saturated heterocycles. The van der Waals surface area contributed by atoms with Gasteiger partial charge in [0, 0.05) is 0 Å². The summed E-state index contributed by atoms with van der Waals surface area (Å²) in [5.41, 5.74) is 1.62. The number of allylic oxidation sites excluding steroid dienone is 1. The predicted octanol–water partition coefficient (Wildman–Crippen LogP) is 0.341. The first-order valence-corrected chi connectivity index (χ1v) is 3.96. The van der Waals surface area contributed by atoms with Crippen LogP contribution in [0.25, 0.3) is 6.08 Å². The Bertz CT molecular complexity index is 428. The fourth-order valence-electron chi connectivity index (χ4n) is 1.20. The number of aryl methyl sites for hydroxylation is 1. The minimum atomic E-state index is 0.209. The maximum Gasteiger partial charge on any atom is 0.185 e. The van der Waals surface area contributed by atoms with Crippen molar-refractivity contribution in [2.75, 3.05) is 0 Å². The van der Waals surface area contributed by atoms with Crippen molar-refractivity contribution in [3.05, 3.63) is 28.6 Å². The van der Waals surface area contributed by atoms with Crippen molar-refractivity contribution < 1.29 is 4.52 Å². The third-order valence-corrected chi connectivity index (χ3v) is 1.83. The lowest BCUT2D eigenvalue weighted by molar-refractivity contribution is 0.389. The number of nitrogens with zero attached hydrogens (tertiary/aromatic N) is 2. The first-order chi connectivity index (χ1) is 5.77. The molecule has 0 fully saturated rings. The third-order valence-electron chi connectivity index (χ3n) is 1.83. The maximum absolute atomic E-state index is 5.06. The third kappa shape index (κ3) is 1.07. The van der Waals surface area contributed by atoms with E-state index >= 15 is 0 Å². The fourth-order valence-corrected chi connectivity index (χ4v) is 1.20. The first kappa shape index (κ1) is 7.28. The van der Waals surface area contributed by atoms with Crippen molar-refractivity contribution in [3.8, 4) is 0 Å². The Labute approximate surface area is 70.1 Å². The molecule has 0 spiro atoms. The summed E-state index contributed by atoms with van der Waals surface area (Å²) < 4.78 is 5.06. The first-order valence-electron chi connectivity index (χ1n) is 3.96. The minimum absolute atomic E-state index is 0.209. The molecular formula is C9H10N2O. The van der Waals surface area contributed by atoms with E-state index in [4.69, 9.17) is 4.52 Å². The molecule has 1 aliphatic heterocycles. The van der Waals surface area contributed by atoms with Crippen molar-refractivity contribution >= 4 is 6.08 Å². The molecule has 2 heterocycles. The van der Waals surface area contributed by atoms with Gasteiger partial charge in [-0.2, -0.15) is 0 Å². The molecule has 1 aliphatic rings. The smallest absolute Gasteiger partial charge is 0.185 e. The number of aromatic nitrogens is 1. The van der Waals surface area contributed by atoms with Crippen LogP contribution in [0.15, 0.2) is 21.7 Å². The summed E-state index contributed by atoms with van der Waals surface area (Å²) in [7, 11) is 0. The second-order valence-electron chi connectivity index (χ2n) is 2.90. The molecule has 3 nitrogen and oxygen atoms in total. The lowest BCUT2D eigenvalue weighted by Gasteiger charge is -1.92. The summed E-state index contributed by atoms with van der Waals surface area (Å²) >= 11 is 0. The number of rotatable bonds is 0. The standard InChI is InChI=1S/C9H10N2O/c1-6-4-3-5-8-9(10-6)7(2)11-12-8/h3-6H,1-2H3. The molecule has 0 bridgehead atoms. The normalized spacial score (nSPS) is 20.7. The molecule has 1 aromatic rings. The number of hydrogen-bond acceptors (Lipinski definition) is 3. The Balaban J connectivity index is 2.79. The monoisotopic (exact) mass is 162 g/mol. The van der Waals surface area contributed by atoms with Crippen LogP contribution in [0.2, 0.25) is 0 Å². The SMILES string of the molecule is Cc1noc2c1=NC(C)C=CC=2. The summed E-state index contributed by atoms with van der Waals surface area (Å²) in [5, 5.41) is 4.72. The highest BCUT2D eigenvalue weighted by Gasteiger charge is 2.03. The Hall–Kier alpha value is -1.38. The lowest BCUT2D eigenvalue weighted by atomic mass is 10.3. The Morgan fingerprint density at radius 2 is 2.33 bits per heavy atom. The molecule has 2 rings (SSSR count). The fraction of sp³-hybridized carbons (Fsp3) is 0.333. The van der Waals surface area contributed by atoms with Crippen LogP contribution in [0.5, 0.6) is 0 Å².